The van der Waals surface area contributed by atoms with Gasteiger partial charge in [-0.1, -0.05) is 20.8 Å². The summed E-state index contributed by atoms with van der Waals surface area (Å²) in [6.45, 7) is 9.32. The Bertz CT molecular complexity index is 770. The summed E-state index contributed by atoms with van der Waals surface area (Å²) in [5.74, 6) is -0.304. The summed E-state index contributed by atoms with van der Waals surface area (Å²) in [5.41, 5.74) is 1.02. The first-order valence-corrected chi connectivity index (χ1v) is 10.1. The Balaban J connectivity index is 1.84. The van der Waals surface area contributed by atoms with Gasteiger partial charge < -0.3 is 14.5 Å². The number of morpholine rings is 1. The van der Waals surface area contributed by atoms with Gasteiger partial charge in [-0.2, -0.15) is 0 Å². The SMILES string of the molecule is CCC(C)(C)C(=O)N(Cc1csc(N2CCOCC2)n1)c1ccc(F)cc1. The van der Waals surface area contributed by atoms with Crippen LogP contribution >= 0.6 is 11.3 Å². The number of hydrogen-bond acceptors (Lipinski definition) is 5. The molecule has 1 aliphatic heterocycles. The van der Waals surface area contributed by atoms with Crippen LogP contribution in [0.15, 0.2) is 29.6 Å². The molecule has 1 aliphatic rings. The smallest absolute Gasteiger partial charge is 0.232 e. The number of hydrogen-bond donors (Lipinski definition) is 0. The van der Waals surface area contributed by atoms with Crippen molar-refractivity contribution in [1.82, 2.24) is 4.98 Å². The van der Waals surface area contributed by atoms with Crippen molar-refractivity contribution < 1.29 is 13.9 Å². The number of thiazole rings is 1. The minimum absolute atomic E-state index is 0.0116. The second kappa shape index (κ2) is 8.35. The Morgan fingerprint density at radius 3 is 2.59 bits per heavy atom. The van der Waals surface area contributed by atoms with Crippen molar-refractivity contribution in [2.45, 2.75) is 33.7 Å². The first kappa shape index (κ1) is 19.8. The average Bonchev–Trinajstić information content (AvgIpc) is 3.16. The van der Waals surface area contributed by atoms with Crippen LogP contribution in [0.4, 0.5) is 15.2 Å². The third kappa shape index (κ3) is 4.65. The Kier molecular flexibility index (Phi) is 6.11. The van der Waals surface area contributed by atoms with Crippen LogP contribution in [0.3, 0.4) is 0 Å². The number of aromatic nitrogens is 1. The highest BCUT2D eigenvalue weighted by atomic mass is 32.1. The summed E-state index contributed by atoms with van der Waals surface area (Å²) < 4.78 is 18.8. The second-order valence-electron chi connectivity index (χ2n) is 7.33. The largest absolute Gasteiger partial charge is 0.378 e. The van der Waals surface area contributed by atoms with E-state index in [1.807, 2.05) is 26.2 Å². The minimum atomic E-state index is -0.503. The highest BCUT2D eigenvalue weighted by Crippen LogP contribution is 2.29. The van der Waals surface area contributed by atoms with E-state index < -0.39 is 5.41 Å². The highest BCUT2D eigenvalue weighted by molar-refractivity contribution is 7.13. The molecule has 1 aromatic carbocycles. The first-order chi connectivity index (χ1) is 12.9. The summed E-state index contributed by atoms with van der Waals surface area (Å²) in [4.78, 5) is 21.8. The summed E-state index contributed by atoms with van der Waals surface area (Å²) in [5, 5.41) is 2.95. The molecule has 2 aromatic rings. The van der Waals surface area contributed by atoms with Crippen LogP contribution in [0.25, 0.3) is 0 Å². The predicted octanol–water partition coefficient (Wildman–Crippen LogP) is 4.09. The standard InChI is InChI=1S/C20H26FN3O2S/c1-4-20(2,3)18(25)24(17-7-5-15(21)6-8-17)13-16-14-27-19(22-16)23-9-11-26-12-10-23/h5-8,14H,4,9-13H2,1-3H3. The van der Waals surface area contributed by atoms with E-state index in [0.29, 0.717) is 25.4 Å². The molecule has 0 saturated carbocycles. The van der Waals surface area contributed by atoms with Gasteiger partial charge in [0.05, 0.1) is 25.5 Å². The topological polar surface area (TPSA) is 45.7 Å². The van der Waals surface area contributed by atoms with Crippen molar-refractivity contribution in [1.29, 1.82) is 0 Å². The van der Waals surface area contributed by atoms with Crippen LogP contribution in [0.5, 0.6) is 0 Å². The van der Waals surface area contributed by atoms with Gasteiger partial charge in [0, 0.05) is 29.6 Å². The van der Waals surface area contributed by atoms with Crippen LogP contribution in [0, 0.1) is 11.2 Å². The fourth-order valence-corrected chi connectivity index (χ4v) is 3.72. The average molecular weight is 392 g/mol. The van der Waals surface area contributed by atoms with Crippen LogP contribution in [-0.4, -0.2) is 37.2 Å². The van der Waals surface area contributed by atoms with Gasteiger partial charge in [-0.3, -0.25) is 4.79 Å². The van der Waals surface area contributed by atoms with Crippen LogP contribution in [0.1, 0.15) is 32.9 Å². The molecule has 1 fully saturated rings. The Hall–Kier alpha value is -1.99. The summed E-state index contributed by atoms with van der Waals surface area (Å²) >= 11 is 1.58. The molecular weight excluding hydrogens is 365 g/mol. The maximum Gasteiger partial charge on any atom is 0.232 e. The van der Waals surface area contributed by atoms with E-state index in [9.17, 15) is 9.18 Å². The third-order valence-electron chi connectivity index (χ3n) is 4.99. The molecular formula is C20H26FN3O2S. The lowest BCUT2D eigenvalue weighted by molar-refractivity contribution is -0.126. The number of rotatable bonds is 6. The molecule has 0 unspecified atom stereocenters. The van der Waals surface area contributed by atoms with Crippen LogP contribution in [0.2, 0.25) is 0 Å². The molecule has 146 valence electrons. The van der Waals surface area contributed by atoms with Gasteiger partial charge in [0.25, 0.3) is 0 Å². The van der Waals surface area contributed by atoms with E-state index in [0.717, 1.165) is 30.3 Å². The van der Waals surface area contributed by atoms with Crippen LogP contribution < -0.4 is 9.80 Å². The van der Waals surface area contributed by atoms with E-state index in [1.165, 1.54) is 12.1 Å². The molecule has 1 aromatic heterocycles. The molecule has 27 heavy (non-hydrogen) atoms. The second-order valence-corrected chi connectivity index (χ2v) is 8.16. The van der Waals surface area contributed by atoms with Crippen molar-refractivity contribution >= 4 is 28.1 Å². The Morgan fingerprint density at radius 1 is 1.30 bits per heavy atom. The van der Waals surface area contributed by atoms with E-state index >= 15 is 0 Å². The number of benzene rings is 1. The van der Waals surface area contributed by atoms with Crippen molar-refractivity contribution in [3.8, 4) is 0 Å². The van der Waals surface area contributed by atoms with E-state index in [1.54, 1.807) is 28.4 Å². The monoisotopic (exact) mass is 391 g/mol. The van der Waals surface area contributed by atoms with Crippen molar-refractivity contribution in [2.75, 3.05) is 36.1 Å². The van der Waals surface area contributed by atoms with Gasteiger partial charge in [0.2, 0.25) is 5.91 Å². The molecule has 0 aliphatic carbocycles. The normalized spacial score (nSPS) is 15.0. The summed E-state index contributed by atoms with van der Waals surface area (Å²) in [6.07, 6.45) is 0.722. The first-order valence-electron chi connectivity index (χ1n) is 9.25. The minimum Gasteiger partial charge on any atom is -0.378 e. The maximum atomic E-state index is 13.4. The molecule has 2 heterocycles. The van der Waals surface area contributed by atoms with Crippen molar-refractivity contribution in [3.05, 3.63) is 41.2 Å². The van der Waals surface area contributed by atoms with Crippen LogP contribution in [-0.2, 0) is 16.1 Å². The van der Waals surface area contributed by atoms with E-state index in [2.05, 4.69) is 4.90 Å². The fraction of sp³-hybridized carbons (Fsp3) is 0.500. The molecule has 0 bridgehead atoms. The zero-order chi connectivity index (χ0) is 19.4. The predicted molar refractivity (Wildman–Crippen MR) is 107 cm³/mol. The zero-order valence-electron chi connectivity index (χ0n) is 16.1. The van der Waals surface area contributed by atoms with Crippen molar-refractivity contribution in [2.24, 2.45) is 5.41 Å². The fourth-order valence-electron chi connectivity index (χ4n) is 2.85. The highest BCUT2D eigenvalue weighted by Gasteiger charge is 2.31. The number of amides is 1. The maximum absolute atomic E-state index is 13.4. The van der Waals surface area contributed by atoms with Crippen molar-refractivity contribution in [3.63, 3.8) is 0 Å². The molecule has 0 spiro atoms. The molecule has 1 saturated heterocycles. The summed E-state index contributed by atoms with van der Waals surface area (Å²) in [6, 6.07) is 6.06. The van der Waals surface area contributed by atoms with Gasteiger partial charge >= 0.3 is 0 Å². The molecule has 3 rings (SSSR count). The lowest BCUT2D eigenvalue weighted by Gasteiger charge is -2.31. The Labute approximate surface area is 163 Å². The molecule has 5 nitrogen and oxygen atoms in total. The lowest BCUT2D eigenvalue weighted by Crippen LogP contribution is -2.40. The number of carbonyl (C=O) groups is 1. The molecule has 0 N–H and O–H groups in total. The summed E-state index contributed by atoms with van der Waals surface area (Å²) in [7, 11) is 0. The molecule has 0 radical (unpaired) electrons. The molecule has 0 atom stereocenters. The zero-order valence-corrected chi connectivity index (χ0v) is 16.9. The van der Waals surface area contributed by atoms with Gasteiger partial charge in [0.1, 0.15) is 5.82 Å². The van der Waals surface area contributed by atoms with E-state index in [4.69, 9.17) is 9.72 Å². The number of anilines is 2. The number of nitrogens with zero attached hydrogens (tertiary/aromatic N) is 3. The van der Waals surface area contributed by atoms with Gasteiger partial charge in [-0.25, -0.2) is 9.37 Å². The number of carbonyl (C=O) groups excluding carboxylic acids is 1. The quantitative estimate of drug-likeness (QED) is 0.744. The molecule has 1 amide bonds. The molecule has 7 heteroatoms. The van der Waals surface area contributed by atoms with Gasteiger partial charge in [-0.05, 0) is 30.7 Å². The van der Waals surface area contributed by atoms with E-state index in [-0.39, 0.29) is 11.7 Å². The number of ether oxygens (including phenoxy) is 1. The lowest BCUT2D eigenvalue weighted by atomic mass is 9.88. The number of halogens is 1. The third-order valence-corrected chi connectivity index (χ3v) is 5.94. The Morgan fingerprint density at radius 2 is 1.96 bits per heavy atom. The van der Waals surface area contributed by atoms with Gasteiger partial charge in [0.15, 0.2) is 5.13 Å². The van der Waals surface area contributed by atoms with Gasteiger partial charge in [-0.15, -0.1) is 11.3 Å².